The predicted molar refractivity (Wildman–Crippen MR) is 104 cm³/mol. The Labute approximate surface area is 160 Å². The Balaban J connectivity index is 1.73. The maximum Gasteiger partial charge on any atom is 0.325 e. The molecule has 2 N–H and O–H groups in total. The average Bonchev–Trinajstić information content (AvgIpc) is 2.67. The third-order valence-corrected chi connectivity index (χ3v) is 5.43. The first-order chi connectivity index (χ1) is 12.5. The Morgan fingerprint density at radius 3 is 2.41 bits per heavy atom. The van der Waals surface area contributed by atoms with Crippen molar-refractivity contribution >= 4 is 23.5 Å². The van der Waals surface area contributed by atoms with Crippen molar-refractivity contribution in [3.05, 3.63) is 29.3 Å². The van der Waals surface area contributed by atoms with Crippen molar-refractivity contribution in [2.75, 3.05) is 11.9 Å². The van der Waals surface area contributed by atoms with Gasteiger partial charge in [-0.2, -0.15) is 0 Å². The van der Waals surface area contributed by atoms with Crippen molar-refractivity contribution in [1.82, 2.24) is 10.2 Å². The van der Waals surface area contributed by atoms with E-state index in [1.165, 1.54) is 0 Å². The Hall–Kier alpha value is -2.37. The first kappa shape index (κ1) is 19.4. The van der Waals surface area contributed by atoms with Gasteiger partial charge in [-0.05, 0) is 67.7 Å². The third-order valence-electron chi connectivity index (χ3n) is 5.43. The number of carbonyl (C=O) groups is 3. The Bertz CT molecular complexity index is 782. The lowest BCUT2D eigenvalue weighted by Gasteiger charge is -2.43. The zero-order valence-corrected chi connectivity index (χ0v) is 16.8. The second-order valence-corrected chi connectivity index (χ2v) is 9.18. The molecule has 2 aliphatic rings. The Morgan fingerprint density at radius 2 is 1.81 bits per heavy atom. The fraction of sp³-hybridized carbons (Fsp3) is 0.571. The monoisotopic (exact) mass is 371 g/mol. The van der Waals surface area contributed by atoms with Crippen LogP contribution < -0.4 is 10.6 Å². The molecule has 146 valence electrons. The number of hydrogen-bond acceptors (Lipinski definition) is 3. The van der Waals surface area contributed by atoms with E-state index in [4.69, 9.17) is 0 Å². The van der Waals surface area contributed by atoms with Crippen LogP contribution in [0.2, 0.25) is 0 Å². The summed E-state index contributed by atoms with van der Waals surface area (Å²) in [6.45, 7) is 10.00. The largest absolute Gasteiger partial charge is 0.325 e. The van der Waals surface area contributed by atoms with Crippen LogP contribution in [0.4, 0.5) is 10.5 Å². The third kappa shape index (κ3) is 3.99. The molecule has 2 atom stereocenters. The van der Waals surface area contributed by atoms with Gasteiger partial charge in [-0.3, -0.25) is 14.5 Å². The number of urea groups is 1. The number of aryl methyl sites for hydroxylation is 2. The Kier molecular flexibility index (Phi) is 4.78. The minimum atomic E-state index is -0.877. The minimum absolute atomic E-state index is 0.0298. The molecular formula is C21H29N3O3. The van der Waals surface area contributed by atoms with Crippen molar-refractivity contribution in [1.29, 1.82) is 0 Å². The molecule has 0 aromatic heterocycles. The van der Waals surface area contributed by atoms with Gasteiger partial charge in [-0.25, -0.2) is 4.79 Å². The lowest BCUT2D eigenvalue weighted by molar-refractivity contribution is -0.136. The molecule has 2 fully saturated rings. The molecule has 6 heteroatoms. The van der Waals surface area contributed by atoms with Crippen LogP contribution in [-0.4, -0.2) is 34.8 Å². The number of benzene rings is 1. The van der Waals surface area contributed by atoms with Gasteiger partial charge in [-0.15, -0.1) is 0 Å². The molecular weight excluding hydrogens is 342 g/mol. The van der Waals surface area contributed by atoms with Crippen molar-refractivity contribution < 1.29 is 14.4 Å². The van der Waals surface area contributed by atoms with Gasteiger partial charge in [0.25, 0.3) is 5.91 Å². The van der Waals surface area contributed by atoms with E-state index in [2.05, 4.69) is 31.4 Å². The van der Waals surface area contributed by atoms with Crippen molar-refractivity contribution in [3.63, 3.8) is 0 Å². The highest BCUT2D eigenvalue weighted by Gasteiger charge is 2.56. The molecule has 6 nitrogen and oxygen atoms in total. The van der Waals surface area contributed by atoms with E-state index >= 15 is 0 Å². The van der Waals surface area contributed by atoms with E-state index in [-0.39, 0.29) is 23.8 Å². The second kappa shape index (κ2) is 6.66. The van der Waals surface area contributed by atoms with Crippen LogP contribution in [0.15, 0.2) is 18.2 Å². The van der Waals surface area contributed by atoms with Crippen molar-refractivity contribution in [2.45, 2.75) is 59.4 Å². The number of rotatable bonds is 3. The highest BCUT2D eigenvalue weighted by atomic mass is 16.2. The van der Waals surface area contributed by atoms with E-state index in [0.717, 1.165) is 22.4 Å². The van der Waals surface area contributed by atoms with Gasteiger partial charge >= 0.3 is 6.03 Å². The Morgan fingerprint density at radius 1 is 1.19 bits per heavy atom. The quantitative estimate of drug-likeness (QED) is 0.800. The molecule has 2 unspecified atom stereocenters. The molecule has 1 aliphatic heterocycles. The van der Waals surface area contributed by atoms with Crippen LogP contribution in [0, 0.1) is 25.2 Å². The predicted octanol–water partition coefficient (Wildman–Crippen LogP) is 3.38. The van der Waals surface area contributed by atoms with Gasteiger partial charge in [-0.1, -0.05) is 26.8 Å². The summed E-state index contributed by atoms with van der Waals surface area (Å²) in [7, 11) is 0. The van der Waals surface area contributed by atoms with Gasteiger partial charge in [0.2, 0.25) is 5.91 Å². The molecule has 1 aromatic carbocycles. The van der Waals surface area contributed by atoms with E-state index < -0.39 is 11.6 Å². The molecule has 3 rings (SSSR count). The summed E-state index contributed by atoms with van der Waals surface area (Å²) in [5, 5.41) is 5.70. The van der Waals surface area contributed by atoms with Gasteiger partial charge in [0.15, 0.2) is 0 Å². The standard InChI is InChI=1S/C21H29N3O3/c1-13-6-14(2)8-16(7-13)22-17(25)11-24-18(26)21(23-19(24)27)10-15(3)9-20(4,5)12-21/h6-8,15H,9-12H2,1-5H3,(H,22,25)(H,23,27). The summed E-state index contributed by atoms with van der Waals surface area (Å²) in [6.07, 6.45) is 2.24. The SMILES string of the molecule is Cc1cc(C)cc(NC(=O)CN2C(=O)NC3(CC(C)CC(C)(C)C3)C2=O)c1. The fourth-order valence-corrected chi connectivity index (χ4v) is 5.04. The minimum Gasteiger partial charge on any atom is -0.325 e. The fourth-order valence-electron chi connectivity index (χ4n) is 5.04. The molecule has 1 spiro atoms. The molecule has 1 aromatic rings. The summed E-state index contributed by atoms with van der Waals surface area (Å²) in [6, 6.07) is 5.27. The normalized spacial score (nSPS) is 27.0. The lowest BCUT2D eigenvalue weighted by Crippen LogP contribution is -2.54. The van der Waals surface area contributed by atoms with Crippen LogP contribution in [0.3, 0.4) is 0 Å². The van der Waals surface area contributed by atoms with Gasteiger partial charge in [0.1, 0.15) is 12.1 Å². The smallest absolute Gasteiger partial charge is 0.325 e. The maximum atomic E-state index is 13.1. The lowest BCUT2D eigenvalue weighted by atomic mass is 9.64. The molecule has 27 heavy (non-hydrogen) atoms. The molecule has 1 saturated carbocycles. The summed E-state index contributed by atoms with van der Waals surface area (Å²) in [4.78, 5) is 39.1. The van der Waals surface area contributed by atoms with Gasteiger partial charge < -0.3 is 10.6 Å². The van der Waals surface area contributed by atoms with Crippen molar-refractivity contribution in [3.8, 4) is 0 Å². The first-order valence-corrected chi connectivity index (χ1v) is 9.52. The van der Waals surface area contributed by atoms with E-state index in [9.17, 15) is 14.4 Å². The summed E-state index contributed by atoms with van der Waals surface area (Å²) in [5.74, 6) is -0.312. The number of imide groups is 1. The van der Waals surface area contributed by atoms with Gasteiger partial charge in [0, 0.05) is 5.69 Å². The summed E-state index contributed by atoms with van der Waals surface area (Å²) < 4.78 is 0. The number of anilines is 1. The van der Waals surface area contributed by atoms with Crippen molar-refractivity contribution in [2.24, 2.45) is 11.3 Å². The van der Waals surface area contributed by atoms with E-state index in [1.807, 2.05) is 32.0 Å². The zero-order valence-electron chi connectivity index (χ0n) is 16.8. The molecule has 1 saturated heterocycles. The van der Waals surface area contributed by atoms with Crippen LogP contribution >= 0.6 is 0 Å². The molecule has 0 bridgehead atoms. The highest BCUT2D eigenvalue weighted by Crippen LogP contribution is 2.46. The number of carbonyl (C=O) groups excluding carboxylic acids is 3. The molecule has 1 aliphatic carbocycles. The molecule has 1 heterocycles. The highest BCUT2D eigenvalue weighted by molar-refractivity contribution is 6.10. The van der Waals surface area contributed by atoms with Crippen LogP contribution in [0.1, 0.15) is 51.2 Å². The summed E-state index contributed by atoms with van der Waals surface area (Å²) >= 11 is 0. The second-order valence-electron chi connectivity index (χ2n) is 9.18. The van der Waals surface area contributed by atoms with Crippen LogP contribution in [-0.2, 0) is 9.59 Å². The maximum absolute atomic E-state index is 13.1. The van der Waals surface area contributed by atoms with E-state index in [0.29, 0.717) is 24.4 Å². The number of hydrogen-bond donors (Lipinski definition) is 2. The summed E-state index contributed by atoms with van der Waals surface area (Å²) in [5.41, 5.74) is 1.85. The van der Waals surface area contributed by atoms with Crippen LogP contribution in [0.25, 0.3) is 0 Å². The van der Waals surface area contributed by atoms with Gasteiger partial charge in [0.05, 0.1) is 0 Å². The van der Waals surface area contributed by atoms with E-state index in [1.54, 1.807) is 0 Å². The number of nitrogens with one attached hydrogen (secondary N) is 2. The topological polar surface area (TPSA) is 78.5 Å². The number of amides is 4. The first-order valence-electron chi connectivity index (χ1n) is 9.52. The average molecular weight is 371 g/mol. The zero-order chi connectivity index (χ0) is 20.0. The molecule has 0 radical (unpaired) electrons. The number of nitrogens with zero attached hydrogens (tertiary/aromatic N) is 1. The molecule has 4 amide bonds. The van der Waals surface area contributed by atoms with Crippen LogP contribution in [0.5, 0.6) is 0 Å².